The summed E-state index contributed by atoms with van der Waals surface area (Å²) in [6.07, 6.45) is 4.79. The normalized spacial score (nSPS) is 11.9. The maximum Gasteiger partial charge on any atom is 0.207 e. The van der Waals surface area contributed by atoms with Crippen molar-refractivity contribution in [3.63, 3.8) is 0 Å². The summed E-state index contributed by atoms with van der Waals surface area (Å²) in [6.45, 7) is 0.544. The molecule has 0 atom stereocenters. The van der Waals surface area contributed by atoms with Crippen LogP contribution in [0.2, 0.25) is 0 Å². The van der Waals surface area contributed by atoms with Crippen LogP contribution in [-0.4, -0.2) is 30.3 Å². The number of nitrogens with one attached hydrogen (secondary N) is 3. The highest BCUT2D eigenvalue weighted by atomic mass is 16.1. The third-order valence-electron chi connectivity index (χ3n) is 4.18. The summed E-state index contributed by atoms with van der Waals surface area (Å²) in [7, 11) is 3.36. The van der Waals surface area contributed by atoms with Crippen LogP contribution in [0.4, 0.5) is 11.5 Å². The van der Waals surface area contributed by atoms with Gasteiger partial charge in [-0.05, 0) is 23.8 Å². The van der Waals surface area contributed by atoms with Gasteiger partial charge in [0.2, 0.25) is 5.43 Å². The highest BCUT2D eigenvalue weighted by Gasteiger charge is 2.10. The molecule has 0 saturated carbocycles. The van der Waals surface area contributed by atoms with Crippen LogP contribution in [0.5, 0.6) is 0 Å². The first-order valence-corrected chi connectivity index (χ1v) is 8.53. The van der Waals surface area contributed by atoms with Gasteiger partial charge in [-0.15, -0.1) is 0 Å². The molecular formula is C20H22N6O. The Labute approximate surface area is 157 Å². The Morgan fingerprint density at radius 2 is 2.19 bits per heavy atom. The Morgan fingerprint density at radius 1 is 1.33 bits per heavy atom. The summed E-state index contributed by atoms with van der Waals surface area (Å²) < 4.78 is 0. The fourth-order valence-corrected chi connectivity index (χ4v) is 2.86. The van der Waals surface area contributed by atoms with Crippen LogP contribution in [0.25, 0.3) is 16.5 Å². The van der Waals surface area contributed by atoms with Gasteiger partial charge in [-0.2, -0.15) is 0 Å². The first kappa shape index (κ1) is 18.2. The van der Waals surface area contributed by atoms with Gasteiger partial charge in [0.1, 0.15) is 11.5 Å². The molecule has 7 nitrogen and oxygen atoms in total. The lowest BCUT2D eigenvalue weighted by Gasteiger charge is -2.14. The number of aromatic nitrogens is 2. The average Bonchev–Trinajstić information content (AvgIpc) is 2.70. The standard InChI is InChI=1S/C20H22N6O/c1-22-12-15(10-21)17-9-18(27)19(23-2)20(26-17)25-11-13-5-6-16-14(8-13)4-3-7-24-16/h3-10,12,23H,11,21H2,1-2H3,(H2,25,26,27). The van der Waals surface area contributed by atoms with E-state index in [0.29, 0.717) is 29.3 Å². The van der Waals surface area contributed by atoms with E-state index < -0.39 is 0 Å². The molecule has 1 aromatic carbocycles. The molecule has 138 valence electrons. The van der Waals surface area contributed by atoms with Crippen LogP contribution < -0.4 is 21.8 Å². The van der Waals surface area contributed by atoms with Gasteiger partial charge in [0.15, 0.2) is 0 Å². The fraction of sp³-hybridized carbons (Fsp3) is 0.150. The highest BCUT2D eigenvalue weighted by Crippen LogP contribution is 2.20. The molecule has 0 bridgehead atoms. The Morgan fingerprint density at radius 3 is 2.93 bits per heavy atom. The fourth-order valence-electron chi connectivity index (χ4n) is 2.86. The van der Waals surface area contributed by atoms with E-state index in [-0.39, 0.29) is 5.43 Å². The summed E-state index contributed by atoms with van der Waals surface area (Å²) >= 11 is 0. The van der Waals surface area contributed by atoms with Crippen LogP contribution in [0.3, 0.4) is 0 Å². The van der Waals surface area contributed by atoms with Gasteiger partial charge in [0, 0.05) is 56.3 Å². The second kappa shape index (κ2) is 8.18. The number of anilines is 2. The highest BCUT2D eigenvalue weighted by molar-refractivity contribution is 6.09. The number of fused-ring (bicyclic) bond motifs is 1. The molecule has 27 heavy (non-hydrogen) atoms. The third kappa shape index (κ3) is 3.98. The largest absolute Gasteiger partial charge is 0.404 e. The van der Waals surface area contributed by atoms with Crippen molar-refractivity contribution in [2.45, 2.75) is 6.54 Å². The number of pyridine rings is 2. The van der Waals surface area contributed by atoms with E-state index in [1.807, 2.05) is 24.3 Å². The molecule has 0 spiro atoms. The van der Waals surface area contributed by atoms with Crippen LogP contribution >= 0.6 is 0 Å². The Hall–Kier alpha value is -3.61. The van der Waals surface area contributed by atoms with E-state index in [1.165, 1.54) is 12.3 Å². The molecule has 3 rings (SSSR count). The lowest BCUT2D eigenvalue weighted by Crippen LogP contribution is -2.15. The number of nitrogens with two attached hydrogens (primary N) is 1. The number of benzene rings is 1. The van der Waals surface area contributed by atoms with E-state index in [4.69, 9.17) is 5.73 Å². The summed E-state index contributed by atoms with van der Waals surface area (Å²) in [5.74, 6) is 0.593. The van der Waals surface area contributed by atoms with Gasteiger partial charge in [0.05, 0.1) is 11.2 Å². The summed E-state index contributed by atoms with van der Waals surface area (Å²) in [5.41, 5.74) is 9.24. The minimum atomic E-state index is -0.139. The third-order valence-corrected chi connectivity index (χ3v) is 4.18. The van der Waals surface area contributed by atoms with Crippen LogP contribution in [0, 0.1) is 0 Å². The number of rotatable bonds is 6. The molecular weight excluding hydrogens is 340 g/mol. The average molecular weight is 362 g/mol. The number of allylic oxidation sites excluding steroid dienone is 1. The number of hydrogen-bond acceptors (Lipinski definition) is 6. The van der Waals surface area contributed by atoms with Crippen molar-refractivity contribution in [1.82, 2.24) is 9.97 Å². The molecule has 2 aromatic heterocycles. The number of aromatic amines is 1. The summed E-state index contributed by atoms with van der Waals surface area (Å²) in [4.78, 5) is 24.0. The first-order valence-electron chi connectivity index (χ1n) is 8.53. The van der Waals surface area contributed by atoms with Gasteiger partial charge in [-0.25, -0.2) is 0 Å². The van der Waals surface area contributed by atoms with E-state index in [2.05, 4.69) is 31.7 Å². The van der Waals surface area contributed by atoms with Crippen molar-refractivity contribution in [2.24, 2.45) is 10.7 Å². The summed E-state index contributed by atoms with van der Waals surface area (Å²) in [5, 5.41) is 7.31. The number of aliphatic imine (C=N–C) groups is 1. The molecule has 0 unspecified atom stereocenters. The second-order valence-electron chi connectivity index (χ2n) is 5.94. The monoisotopic (exact) mass is 362 g/mol. The zero-order chi connectivity index (χ0) is 19.2. The Kier molecular flexibility index (Phi) is 5.51. The molecule has 0 amide bonds. The zero-order valence-corrected chi connectivity index (χ0v) is 15.3. The van der Waals surface area contributed by atoms with Crippen molar-refractivity contribution in [3.05, 3.63) is 70.3 Å². The minimum absolute atomic E-state index is 0.139. The predicted octanol–water partition coefficient (Wildman–Crippen LogP) is 2.58. The minimum Gasteiger partial charge on any atom is -0.404 e. The van der Waals surface area contributed by atoms with Crippen molar-refractivity contribution in [1.29, 1.82) is 0 Å². The molecule has 0 saturated heterocycles. The molecule has 0 aliphatic carbocycles. The zero-order valence-electron chi connectivity index (χ0n) is 15.3. The van der Waals surface area contributed by atoms with Crippen LogP contribution in [0.1, 0.15) is 11.3 Å². The number of nitrogens with zero attached hydrogens (tertiary/aromatic N) is 2. The molecule has 3 aromatic rings. The van der Waals surface area contributed by atoms with Gasteiger partial charge in [-0.3, -0.25) is 14.8 Å². The van der Waals surface area contributed by atoms with Crippen molar-refractivity contribution < 1.29 is 0 Å². The van der Waals surface area contributed by atoms with Gasteiger partial charge in [-0.1, -0.05) is 12.1 Å². The van der Waals surface area contributed by atoms with Gasteiger partial charge < -0.3 is 21.4 Å². The maximum absolute atomic E-state index is 12.5. The second-order valence-corrected chi connectivity index (χ2v) is 5.94. The van der Waals surface area contributed by atoms with Crippen molar-refractivity contribution >= 4 is 34.2 Å². The molecule has 0 radical (unpaired) electrons. The SMILES string of the molecule is CN=CC(=CN)c1cc(=O)c(NC)c(NCc2ccc3ncccc3c2)[nH]1. The maximum atomic E-state index is 12.5. The Balaban J connectivity index is 1.92. The van der Waals surface area contributed by atoms with Crippen molar-refractivity contribution in [3.8, 4) is 0 Å². The van der Waals surface area contributed by atoms with E-state index in [0.717, 1.165) is 16.5 Å². The summed E-state index contributed by atoms with van der Waals surface area (Å²) in [6, 6.07) is 11.5. The van der Waals surface area contributed by atoms with Crippen LogP contribution in [0.15, 0.2) is 58.6 Å². The number of hydrogen-bond donors (Lipinski definition) is 4. The van der Waals surface area contributed by atoms with E-state index >= 15 is 0 Å². The van der Waals surface area contributed by atoms with Crippen molar-refractivity contribution in [2.75, 3.05) is 24.7 Å². The quantitative estimate of drug-likeness (QED) is 0.504. The predicted molar refractivity (Wildman–Crippen MR) is 112 cm³/mol. The molecule has 2 heterocycles. The topological polar surface area (TPSA) is 108 Å². The molecule has 5 N–H and O–H groups in total. The lowest BCUT2D eigenvalue weighted by molar-refractivity contribution is 1.10. The van der Waals surface area contributed by atoms with Crippen LogP contribution in [-0.2, 0) is 6.54 Å². The number of H-pyrrole nitrogens is 1. The molecule has 7 heteroatoms. The van der Waals surface area contributed by atoms with E-state index in [1.54, 1.807) is 26.5 Å². The molecule has 0 aliphatic heterocycles. The molecule has 0 fully saturated rings. The first-order chi connectivity index (χ1) is 13.2. The van der Waals surface area contributed by atoms with E-state index in [9.17, 15) is 4.79 Å². The van der Waals surface area contributed by atoms with Gasteiger partial charge >= 0.3 is 0 Å². The molecule has 0 aliphatic rings. The lowest BCUT2D eigenvalue weighted by atomic mass is 10.1. The Bertz CT molecular complexity index is 1070. The smallest absolute Gasteiger partial charge is 0.207 e. The van der Waals surface area contributed by atoms with Gasteiger partial charge in [0.25, 0.3) is 0 Å².